The molecular weight excluding hydrogens is 961 g/mol. The normalized spacial score (nSPS) is 56.8. The molecule has 16 aliphatic rings. The van der Waals surface area contributed by atoms with Crippen LogP contribution in [0.5, 0.6) is 0 Å². The molecule has 0 amide bonds. The Bertz CT molecular complexity index is 2780. The Balaban J connectivity index is 0.805. The third-order valence-electron chi connectivity index (χ3n) is 28.2. The molecule has 410 valence electrons. The van der Waals surface area contributed by atoms with E-state index in [0.29, 0.717) is 48.3 Å². The number of nitrogens with one attached hydrogen (secondary N) is 1. The maximum absolute atomic E-state index is 16.8. The first kappa shape index (κ1) is 47.7. The number of nitrogens with zero attached hydrogens (tertiary/aromatic N) is 1. The number of carbonyl (C=O) groups excluding carboxylic acids is 3. The molecule has 13 nitrogen and oxygen atoms in total. The van der Waals surface area contributed by atoms with Crippen molar-refractivity contribution in [1.29, 1.82) is 0 Å². The smallest absolute Gasteiger partial charge is 0.339 e. The molecular formula is C63H82N2O11. The minimum atomic E-state index is -1.47. The highest BCUT2D eigenvalue weighted by molar-refractivity contribution is 5.94. The Hall–Kier alpha value is -3.07. The molecule has 9 saturated carbocycles. The van der Waals surface area contributed by atoms with Crippen molar-refractivity contribution in [3.8, 4) is 0 Å². The number of Topliss-reactive ketones (excluding diaryl/α,β-unsaturated/α-hetero) is 1. The van der Waals surface area contributed by atoms with Crippen LogP contribution in [0.15, 0.2) is 40.7 Å². The van der Waals surface area contributed by atoms with E-state index in [-0.39, 0.29) is 65.9 Å². The van der Waals surface area contributed by atoms with Crippen molar-refractivity contribution in [2.45, 2.75) is 190 Å². The third kappa shape index (κ3) is 5.09. The third-order valence-corrected chi connectivity index (χ3v) is 28.2. The van der Waals surface area contributed by atoms with Gasteiger partial charge in [-0.15, -0.1) is 0 Å². The van der Waals surface area contributed by atoms with Crippen molar-refractivity contribution >= 4 is 17.7 Å². The zero-order valence-electron chi connectivity index (χ0n) is 45.1. The second-order valence-corrected chi connectivity index (χ2v) is 29.7. The van der Waals surface area contributed by atoms with Crippen molar-refractivity contribution in [2.75, 3.05) is 26.4 Å². The van der Waals surface area contributed by atoms with E-state index < -0.39 is 80.7 Å². The van der Waals surface area contributed by atoms with Crippen molar-refractivity contribution < 1.29 is 53.1 Å². The SMILES string of the molecule is C[C@H]1[C@@H]2CCCC[C@H]2CC[C@@]12CCC[C@]13O[C@]45C(=C[C@H]21)C[C@H]1CCC[C@]12C[C@@H]1C[C@@]6(C)[C@H](c7ccoc7C[C@@H]([C@@H]7CC[C@H]8[C@H](C=CN9CNC[C@@H]89)C7)[C@H](O)CO)OC(=O)[C@H]7O[C@]76[C@]6(C)[C@H](O)C(=O)[C@H]3[C@@]4(COC(=O)[C@@H]25)[C@@H]16. The van der Waals surface area contributed by atoms with Crippen molar-refractivity contribution in [3.63, 3.8) is 0 Å². The van der Waals surface area contributed by atoms with Gasteiger partial charge in [0.2, 0.25) is 0 Å². The van der Waals surface area contributed by atoms with E-state index in [2.05, 4.69) is 49.3 Å². The highest BCUT2D eigenvalue weighted by Gasteiger charge is 2.98. The number of allylic oxidation sites excluding steroid dienone is 1. The molecule has 17 rings (SSSR count). The average Bonchev–Trinajstić information content (AvgIpc) is 2.72. The summed E-state index contributed by atoms with van der Waals surface area (Å²) in [6.07, 6.45) is 23.4. The van der Waals surface area contributed by atoms with E-state index in [1.165, 1.54) is 37.7 Å². The van der Waals surface area contributed by atoms with Gasteiger partial charge in [-0.25, -0.2) is 4.79 Å². The molecule has 7 aliphatic heterocycles. The van der Waals surface area contributed by atoms with Crippen LogP contribution in [0.2, 0.25) is 0 Å². The van der Waals surface area contributed by atoms with Crippen molar-refractivity contribution in [1.82, 2.24) is 10.2 Å². The first-order valence-corrected chi connectivity index (χ1v) is 30.9. The molecule has 1 aromatic rings. The molecule has 9 aliphatic carbocycles. The zero-order chi connectivity index (χ0) is 51.5. The number of furan rings is 1. The van der Waals surface area contributed by atoms with Gasteiger partial charge in [-0.1, -0.05) is 58.6 Å². The van der Waals surface area contributed by atoms with Gasteiger partial charge in [0.25, 0.3) is 0 Å². The van der Waals surface area contributed by atoms with E-state index in [0.717, 1.165) is 102 Å². The predicted molar refractivity (Wildman–Crippen MR) is 274 cm³/mol. The molecule has 0 aromatic carbocycles. The minimum absolute atomic E-state index is 0.00874. The van der Waals surface area contributed by atoms with Crippen molar-refractivity contribution in [2.24, 2.45) is 104 Å². The van der Waals surface area contributed by atoms with Gasteiger partial charge in [0.1, 0.15) is 35.8 Å². The molecule has 4 N–H and O–H groups in total. The molecule has 26 atom stereocenters. The predicted octanol–water partition coefficient (Wildman–Crippen LogP) is 7.75. The molecule has 14 fully saturated rings. The summed E-state index contributed by atoms with van der Waals surface area (Å²) in [5, 5.41) is 39.8. The van der Waals surface area contributed by atoms with Crippen LogP contribution in [0.25, 0.3) is 0 Å². The Morgan fingerprint density at radius 2 is 1.75 bits per heavy atom. The lowest BCUT2D eigenvalue weighted by atomic mass is 9.32. The number of rotatable bonds is 6. The highest BCUT2D eigenvalue weighted by atomic mass is 16.7. The Labute approximate surface area is 447 Å². The summed E-state index contributed by atoms with van der Waals surface area (Å²) in [5.74, 6) is 0.924. The lowest BCUT2D eigenvalue weighted by Crippen LogP contribution is -2.80. The van der Waals surface area contributed by atoms with Gasteiger partial charge in [-0.2, -0.15) is 0 Å². The van der Waals surface area contributed by atoms with Crippen LogP contribution >= 0.6 is 0 Å². The van der Waals surface area contributed by atoms with E-state index in [9.17, 15) is 20.1 Å². The highest BCUT2D eigenvalue weighted by Crippen LogP contribution is 2.90. The monoisotopic (exact) mass is 1040 g/mol. The topological polar surface area (TPSA) is 181 Å². The summed E-state index contributed by atoms with van der Waals surface area (Å²) in [4.78, 5) is 49.7. The van der Waals surface area contributed by atoms with Crippen LogP contribution in [-0.4, -0.2) is 106 Å². The van der Waals surface area contributed by atoms with E-state index in [1.807, 2.05) is 6.07 Å². The maximum atomic E-state index is 16.8. The van der Waals surface area contributed by atoms with Crippen LogP contribution in [0.1, 0.15) is 154 Å². The fourth-order valence-electron chi connectivity index (χ4n) is 25.9. The fraction of sp³-hybridized carbons (Fsp3) is 0.825. The number of carbonyl (C=O) groups is 3. The Morgan fingerprint density at radius 1 is 0.895 bits per heavy atom. The molecule has 5 bridgehead atoms. The summed E-state index contributed by atoms with van der Waals surface area (Å²) < 4.78 is 35.8. The zero-order valence-corrected chi connectivity index (χ0v) is 45.1. The number of aliphatic hydroxyl groups is 3. The second kappa shape index (κ2) is 15.3. The number of hydrogen-bond acceptors (Lipinski definition) is 13. The molecule has 5 saturated heterocycles. The fourth-order valence-corrected chi connectivity index (χ4v) is 25.9. The van der Waals surface area contributed by atoms with Gasteiger partial charge in [0.05, 0.1) is 48.5 Å². The number of cyclic esters (lactones) is 2. The van der Waals surface area contributed by atoms with Crippen LogP contribution in [-0.2, 0) is 39.8 Å². The summed E-state index contributed by atoms with van der Waals surface area (Å²) in [6.45, 7) is 8.42. The second-order valence-electron chi connectivity index (χ2n) is 29.7. The number of ether oxygens (including phenoxy) is 4. The van der Waals surface area contributed by atoms with Crippen LogP contribution in [0, 0.1) is 104 Å². The lowest BCUT2D eigenvalue weighted by molar-refractivity contribution is -0.282. The number of ketones is 1. The van der Waals surface area contributed by atoms with Gasteiger partial charge >= 0.3 is 11.9 Å². The summed E-state index contributed by atoms with van der Waals surface area (Å²) in [5.41, 5.74) is -4.95. The van der Waals surface area contributed by atoms with Crippen LogP contribution in [0.4, 0.5) is 0 Å². The lowest BCUT2D eigenvalue weighted by Gasteiger charge is -2.70. The Morgan fingerprint density at radius 3 is 2.62 bits per heavy atom. The number of fused-ring (bicyclic) bond motifs is 5. The number of hydrogen-bond donors (Lipinski definition) is 4. The van der Waals surface area contributed by atoms with Crippen LogP contribution in [0.3, 0.4) is 0 Å². The molecule has 6 spiro atoms. The summed E-state index contributed by atoms with van der Waals surface area (Å²) >= 11 is 0. The van der Waals surface area contributed by atoms with Gasteiger partial charge in [0, 0.05) is 41.3 Å². The van der Waals surface area contributed by atoms with Gasteiger partial charge < -0.3 is 43.6 Å². The van der Waals surface area contributed by atoms with E-state index in [1.54, 1.807) is 6.26 Å². The van der Waals surface area contributed by atoms with Crippen LogP contribution < -0.4 is 5.32 Å². The number of esters is 2. The molecule has 0 unspecified atom stereocenters. The molecule has 1 aromatic heterocycles. The number of epoxide rings is 1. The molecule has 8 heterocycles. The number of aliphatic hydroxyl groups excluding tert-OH is 3. The summed E-state index contributed by atoms with van der Waals surface area (Å²) in [6, 6.07) is 2.40. The molecule has 0 radical (unpaired) electrons. The van der Waals surface area contributed by atoms with Gasteiger partial charge in [-0.3, -0.25) is 14.9 Å². The molecule has 76 heavy (non-hydrogen) atoms. The first-order valence-electron chi connectivity index (χ1n) is 30.9. The maximum Gasteiger partial charge on any atom is 0.339 e. The van der Waals surface area contributed by atoms with Gasteiger partial charge in [0.15, 0.2) is 11.9 Å². The van der Waals surface area contributed by atoms with Gasteiger partial charge in [-0.05, 0) is 178 Å². The van der Waals surface area contributed by atoms with E-state index >= 15 is 9.59 Å². The van der Waals surface area contributed by atoms with E-state index in [4.69, 9.17) is 23.4 Å². The molecule has 13 heteroatoms. The first-order chi connectivity index (χ1) is 36.7. The largest absolute Gasteiger partial charge is 0.469 e. The van der Waals surface area contributed by atoms with Crippen molar-refractivity contribution in [3.05, 3.63) is 47.6 Å². The summed E-state index contributed by atoms with van der Waals surface area (Å²) in [7, 11) is 0. The quantitative estimate of drug-likeness (QED) is 0.124. The minimum Gasteiger partial charge on any atom is -0.469 e. The Kier molecular flexibility index (Phi) is 9.59. The average molecular weight is 1040 g/mol. The standard InChI is InChI=1S/C63H82N2O11/c1-32-39-10-5-4-8-33(39)13-19-58(32)17-7-18-61-46(58)24-38-23-37-9-6-16-59(37)27-36-26-56(2)52(41-15-21-72-45(41)25-42(44(67)29-66)34-11-12-40-35(22-34)14-20-65-31-64-28-43(40)65)74-55(71)53-63(56,75-53)57(3)48(36)60(49(61)47(68)51(57)69)30-73-54(70)50(59)62(38,60)76-61/h14-15,20-21,24,32-37,39-40,42-44,46,48-53,64,66-67,69H,4-13,16-19,22-23,25-31H2,1-3H3/t32-,33-,34+,35+,36-,37+,39-,40-,42-,43-,44+,46+,48-,49-,50-,51+,52-,53+,56-,57-,58-,59-,60+,61-,62-,63+/m0/s1.